The van der Waals surface area contributed by atoms with Gasteiger partial charge in [-0.3, -0.25) is 4.79 Å². The third-order valence-electron chi connectivity index (χ3n) is 3.30. The monoisotopic (exact) mass is 294 g/mol. The van der Waals surface area contributed by atoms with Gasteiger partial charge in [-0.2, -0.15) is 0 Å². The molecule has 1 heterocycles. The molecule has 2 rings (SSSR count). The van der Waals surface area contributed by atoms with Crippen LogP contribution in [0.1, 0.15) is 42.6 Å². The van der Waals surface area contributed by atoms with Crippen molar-refractivity contribution in [3.63, 3.8) is 0 Å². The number of methoxy groups -OCH3 is 1. The molecular formula is C17H30N2O2. The smallest absolute Gasteiger partial charge is 0.150 e. The number of hydrogen-bond donors (Lipinski definition) is 2. The van der Waals surface area contributed by atoms with Gasteiger partial charge in [0.05, 0.1) is 7.11 Å². The summed E-state index contributed by atoms with van der Waals surface area (Å²) >= 11 is 0. The van der Waals surface area contributed by atoms with Crippen molar-refractivity contribution in [1.82, 2.24) is 10.6 Å². The number of aryl methyl sites for hydroxylation is 1. The van der Waals surface area contributed by atoms with E-state index < -0.39 is 0 Å². The summed E-state index contributed by atoms with van der Waals surface area (Å²) < 4.78 is 5.03. The van der Waals surface area contributed by atoms with Crippen molar-refractivity contribution in [2.75, 3.05) is 27.2 Å². The van der Waals surface area contributed by atoms with Crippen LogP contribution in [-0.2, 0) is 0 Å². The summed E-state index contributed by atoms with van der Waals surface area (Å²) in [4.78, 5) is 10.3. The van der Waals surface area contributed by atoms with Gasteiger partial charge in [0.15, 0.2) is 0 Å². The molecule has 0 aromatic heterocycles. The van der Waals surface area contributed by atoms with Crippen molar-refractivity contribution in [1.29, 1.82) is 0 Å². The van der Waals surface area contributed by atoms with E-state index in [-0.39, 0.29) is 0 Å². The van der Waals surface area contributed by atoms with E-state index in [1.807, 2.05) is 27.8 Å². The molecular weight excluding hydrogens is 264 g/mol. The zero-order chi connectivity index (χ0) is 16.1. The Bertz CT molecular complexity index is 388. The van der Waals surface area contributed by atoms with Gasteiger partial charge in [-0.25, -0.2) is 0 Å². The zero-order valence-corrected chi connectivity index (χ0v) is 14.0. The minimum absolute atomic E-state index is 0.684. The first-order valence-corrected chi connectivity index (χ1v) is 7.69. The van der Waals surface area contributed by atoms with Crippen molar-refractivity contribution in [3.05, 3.63) is 29.3 Å². The number of rotatable bonds is 3. The first-order valence-electron chi connectivity index (χ1n) is 7.69. The van der Waals surface area contributed by atoms with E-state index in [9.17, 15) is 4.79 Å². The maximum absolute atomic E-state index is 10.3. The SMILES string of the molecule is CC.CNC1CCNCC1.COc1ccc(C=O)cc1C. The van der Waals surface area contributed by atoms with Crippen LogP contribution >= 0.6 is 0 Å². The van der Waals surface area contributed by atoms with E-state index in [4.69, 9.17) is 4.74 Å². The molecule has 1 fully saturated rings. The van der Waals surface area contributed by atoms with E-state index in [1.165, 1.54) is 25.9 Å². The van der Waals surface area contributed by atoms with E-state index in [0.717, 1.165) is 23.6 Å². The third-order valence-corrected chi connectivity index (χ3v) is 3.30. The molecule has 1 aliphatic rings. The van der Waals surface area contributed by atoms with Gasteiger partial charge in [0, 0.05) is 11.6 Å². The zero-order valence-electron chi connectivity index (χ0n) is 14.0. The first kappa shape index (κ1) is 19.6. The topological polar surface area (TPSA) is 50.4 Å². The molecule has 0 saturated carbocycles. The molecule has 0 spiro atoms. The Labute approximate surface area is 129 Å². The number of hydrogen-bond acceptors (Lipinski definition) is 4. The quantitative estimate of drug-likeness (QED) is 0.842. The second-order valence-electron chi connectivity index (χ2n) is 4.66. The highest BCUT2D eigenvalue weighted by atomic mass is 16.5. The second kappa shape index (κ2) is 12.4. The van der Waals surface area contributed by atoms with Crippen molar-refractivity contribution in [3.8, 4) is 5.75 Å². The average molecular weight is 294 g/mol. The summed E-state index contributed by atoms with van der Waals surface area (Å²) in [6, 6.07) is 6.10. The third kappa shape index (κ3) is 7.83. The molecule has 1 aromatic rings. The van der Waals surface area contributed by atoms with Crippen LogP contribution in [0, 0.1) is 6.92 Å². The summed E-state index contributed by atoms with van der Waals surface area (Å²) in [7, 11) is 3.65. The average Bonchev–Trinajstić information content (AvgIpc) is 2.58. The summed E-state index contributed by atoms with van der Waals surface area (Å²) in [5.74, 6) is 0.815. The molecule has 4 nitrogen and oxygen atoms in total. The van der Waals surface area contributed by atoms with Gasteiger partial charge in [0.1, 0.15) is 12.0 Å². The van der Waals surface area contributed by atoms with Crippen molar-refractivity contribution >= 4 is 6.29 Å². The summed E-state index contributed by atoms with van der Waals surface area (Å²) in [6.45, 7) is 8.28. The van der Waals surface area contributed by atoms with Crippen LogP contribution in [0.4, 0.5) is 0 Å². The van der Waals surface area contributed by atoms with Crippen LogP contribution in [-0.4, -0.2) is 39.6 Å². The van der Waals surface area contributed by atoms with Crippen molar-refractivity contribution in [2.45, 2.75) is 39.7 Å². The minimum Gasteiger partial charge on any atom is -0.496 e. The van der Waals surface area contributed by atoms with Gasteiger partial charge in [0.25, 0.3) is 0 Å². The predicted molar refractivity (Wildman–Crippen MR) is 89.4 cm³/mol. The molecule has 1 aliphatic heterocycles. The number of piperidine rings is 1. The molecule has 120 valence electrons. The van der Waals surface area contributed by atoms with Crippen molar-refractivity contribution in [2.24, 2.45) is 0 Å². The maximum atomic E-state index is 10.3. The van der Waals surface area contributed by atoms with Gasteiger partial charge in [-0.1, -0.05) is 13.8 Å². The van der Waals surface area contributed by atoms with E-state index in [1.54, 1.807) is 25.3 Å². The lowest BCUT2D eigenvalue weighted by atomic mass is 10.1. The highest BCUT2D eigenvalue weighted by molar-refractivity contribution is 5.75. The van der Waals surface area contributed by atoms with Gasteiger partial charge in [0.2, 0.25) is 0 Å². The molecule has 0 bridgehead atoms. The van der Waals surface area contributed by atoms with Crippen molar-refractivity contribution < 1.29 is 9.53 Å². The summed E-state index contributed by atoms with van der Waals surface area (Å²) in [5, 5.41) is 6.57. The Morgan fingerprint density at radius 2 is 1.90 bits per heavy atom. The molecule has 0 radical (unpaired) electrons. The lowest BCUT2D eigenvalue weighted by Gasteiger charge is -2.21. The Hall–Kier alpha value is -1.39. The maximum Gasteiger partial charge on any atom is 0.150 e. The number of nitrogens with one attached hydrogen (secondary N) is 2. The second-order valence-corrected chi connectivity index (χ2v) is 4.66. The fraction of sp³-hybridized carbons (Fsp3) is 0.588. The Kier molecular flexibility index (Phi) is 11.5. The first-order chi connectivity index (χ1) is 10.2. The molecule has 1 saturated heterocycles. The number of carbonyl (C=O) groups is 1. The molecule has 0 unspecified atom stereocenters. The summed E-state index contributed by atoms with van der Waals surface area (Å²) in [6.07, 6.45) is 3.40. The van der Waals surface area contributed by atoms with E-state index in [2.05, 4.69) is 10.6 Å². The molecule has 0 aliphatic carbocycles. The fourth-order valence-electron chi connectivity index (χ4n) is 2.09. The van der Waals surface area contributed by atoms with E-state index in [0.29, 0.717) is 5.56 Å². The highest BCUT2D eigenvalue weighted by Crippen LogP contribution is 2.17. The standard InChI is InChI=1S/C9H10O2.C6H14N2.C2H6/c1-7-5-8(6-10)3-4-9(7)11-2;1-7-6-2-4-8-5-3-6;1-2/h3-6H,1-2H3;6-8H,2-5H2,1H3;1-2H3. The molecule has 0 atom stereocenters. The Morgan fingerprint density at radius 1 is 1.29 bits per heavy atom. The van der Waals surface area contributed by atoms with Gasteiger partial charge < -0.3 is 15.4 Å². The number of carbonyl (C=O) groups excluding carboxylic acids is 1. The Morgan fingerprint density at radius 3 is 2.29 bits per heavy atom. The number of benzene rings is 1. The normalized spacial score (nSPS) is 14.1. The van der Waals surface area contributed by atoms with Crippen LogP contribution in [0.25, 0.3) is 0 Å². The molecule has 0 amide bonds. The van der Waals surface area contributed by atoms with Crippen LogP contribution in [0.3, 0.4) is 0 Å². The Balaban J connectivity index is 0.000000354. The lowest BCUT2D eigenvalue weighted by molar-refractivity contribution is 0.112. The molecule has 2 N–H and O–H groups in total. The fourth-order valence-corrected chi connectivity index (χ4v) is 2.09. The van der Waals surface area contributed by atoms with Crippen LogP contribution in [0.2, 0.25) is 0 Å². The lowest BCUT2D eigenvalue weighted by Crippen LogP contribution is -2.37. The van der Waals surface area contributed by atoms with Gasteiger partial charge in [-0.05, 0) is 63.7 Å². The molecule has 1 aromatic carbocycles. The van der Waals surface area contributed by atoms with Crippen LogP contribution in [0.15, 0.2) is 18.2 Å². The van der Waals surface area contributed by atoms with Crippen LogP contribution in [0.5, 0.6) is 5.75 Å². The largest absolute Gasteiger partial charge is 0.496 e. The summed E-state index contributed by atoms with van der Waals surface area (Å²) in [5.41, 5.74) is 1.67. The molecule has 21 heavy (non-hydrogen) atoms. The minimum atomic E-state index is 0.684. The molecule has 4 heteroatoms. The predicted octanol–water partition coefficient (Wildman–Crippen LogP) is 2.80. The van der Waals surface area contributed by atoms with Crippen LogP contribution < -0.4 is 15.4 Å². The van der Waals surface area contributed by atoms with Gasteiger partial charge >= 0.3 is 0 Å². The number of aldehydes is 1. The highest BCUT2D eigenvalue weighted by Gasteiger charge is 2.08. The number of ether oxygens (including phenoxy) is 1. The van der Waals surface area contributed by atoms with E-state index >= 15 is 0 Å². The van der Waals surface area contributed by atoms with Gasteiger partial charge in [-0.15, -0.1) is 0 Å².